The monoisotopic (exact) mass is 432 g/mol. The van der Waals surface area contributed by atoms with E-state index in [4.69, 9.17) is 11.6 Å². The van der Waals surface area contributed by atoms with Crippen molar-refractivity contribution in [3.8, 4) is 0 Å². The second kappa shape index (κ2) is 9.16. The number of thioether (sulfide) groups is 1. The fourth-order valence-corrected chi connectivity index (χ4v) is 5.35. The van der Waals surface area contributed by atoms with E-state index >= 15 is 0 Å². The van der Waals surface area contributed by atoms with Crippen molar-refractivity contribution < 1.29 is 13.2 Å². The van der Waals surface area contributed by atoms with Crippen LogP contribution in [0.15, 0.2) is 23.1 Å². The Balaban J connectivity index is 2.09. The highest BCUT2D eigenvalue weighted by Gasteiger charge is 2.29. The van der Waals surface area contributed by atoms with Gasteiger partial charge in [0.05, 0.1) is 15.5 Å². The maximum Gasteiger partial charge on any atom is 0.252 e. The third kappa shape index (κ3) is 6.38. The lowest BCUT2D eigenvalue weighted by molar-refractivity contribution is 0.0956. The van der Waals surface area contributed by atoms with Crippen molar-refractivity contribution in [2.45, 2.75) is 50.2 Å². The number of nitrogens with one attached hydrogen (secondary N) is 1. The summed E-state index contributed by atoms with van der Waals surface area (Å²) in [6.45, 7) is 10.0. The van der Waals surface area contributed by atoms with Gasteiger partial charge in [-0.2, -0.15) is 16.1 Å². The molecule has 1 aliphatic rings. The Hall–Kier alpha value is -0.760. The van der Waals surface area contributed by atoms with E-state index in [1.54, 1.807) is 11.8 Å². The molecular formula is C19H29ClN2O3S2. The molecule has 0 bridgehead atoms. The molecule has 1 amide bonds. The van der Waals surface area contributed by atoms with Gasteiger partial charge in [0.15, 0.2) is 0 Å². The summed E-state index contributed by atoms with van der Waals surface area (Å²) in [5, 5.41) is 3.08. The highest BCUT2D eigenvalue weighted by molar-refractivity contribution is 8.00. The van der Waals surface area contributed by atoms with E-state index in [2.05, 4.69) is 33.0 Å². The van der Waals surface area contributed by atoms with Gasteiger partial charge in [-0.05, 0) is 37.0 Å². The normalized spacial score (nSPS) is 17.1. The van der Waals surface area contributed by atoms with Gasteiger partial charge in [0.2, 0.25) is 10.0 Å². The van der Waals surface area contributed by atoms with Crippen molar-refractivity contribution in [1.29, 1.82) is 0 Å². The van der Waals surface area contributed by atoms with E-state index in [0.29, 0.717) is 25.6 Å². The van der Waals surface area contributed by atoms with Gasteiger partial charge >= 0.3 is 0 Å². The number of halogens is 1. The van der Waals surface area contributed by atoms with E-state index in [1.165, 1.54) is 22.5 Å². The zero-order valence-corrected chi connectivity index (χ0v) is 18.8. The average Bonchev–Trinajstić information content (AvgIpc) is 2.58. The smallest absolute Gasteiger partial charge is 0.252 e. The van der Waals surface area contributed by atoms with E-state index in [1.807, 2.05) is 0 Å². The Morgan fingerprint density at radius 3 is 2.52 bits per heavy atom. The first kappa shape index (κ1) is 22.5. The number of sulfonamides is 1. The maximum atomic E-state index is 12.9. The van der Waals surface area contributed by atoms with Crippen LogP contribution >= 0.6 is 23.4 Å². The number of nitrogens with zero attached hydrogens (tertiary/aromatic N) is 1. The van der Waals surface area contributed by atoms with Gasteiger partial charge in [0.25, 0.3) is 5.91 Å². The molecule has 2 rings (SSSR count). The van der Waals surface area contributed by atoms with Crippen molar-refractivity contribution >= 4 is 39.3 Å². The molecule has 152 valence electrons. The number of rotatable bonds is 6. The standard InChI is InChI=1S/C19H29ClN2O3S2/c1-14-7-10-22(11-8-14)27(24,25)15-5-6-17(20)16(13-15)18(23)21-9-12-26-19(2,3)4/h5-6,13-14H,7-12H2,1-4H3,(H,21,23). The number of amides is 1. The average molecular weight is 433 g/mol. The predicted molar refractivity (Wildman–Crippen MR) is 113 cm³/mol. The van der Waals surface area contributed by atoms with Crippen LogP contribution in [0.1, 0.15) is 50.9 Å². The van der Waals surface area contributed by atoms with Crippen LogP contribution in [0.4, 0.5) is 0 Å². The van der Waals surface area contributed by atoms with E-state index in [-0.39, 0.29) is 26.1 Å². The molecule has 1 fully saturated rings. The number of benzene rings is 1. The molecule has 0 saturated carbocycles. The van der Waals surface area contributed by atoms with Crippen molar-refractivity contribution in [3.05, 3.63) is 28.8 Å². The quantitative estimate of drug-likeness (QED) is 0.689. The predicted octanol–water partition coefficient (Wildman–Crippen LogP) is 4.02. The summed E-state index contributed by atoms with van der Waals surface area (Å²) < 4.78 is 27.4. The van der Waals surface area contributed by atoms with Crippen molar-refractivity contribution in [1.82, 2.24) is 9.62 Å². The molecule has 1 saturated heterocycles. The fourth-order valence-electron chi connectivity index (χ4n) is 2.83. The zero-order valence-electron chi connectivity index (χ0n) is 16.4. The lowest BCUT2D eigenvalue weighted by atomic mass is 10.0. The third-order valence-corrected chi connectivity index (χ3v) is 7.98. The van der Waals surface area contributed by atoms with Gasteiger partial charge in [-0.25, -0.2) is 8.42 Å². The van der Waals surface area contributed by atoms with E-state index in [0.717, 1.165) is 18.6 Å². The van der Waals surface area contributed by atoms with Gasteiger partial charge in [-0.15, -0.1) is 0 Å². The summed E-state index contributed by atoms with van der Waals surface area (Å²) >= 11 is 7.91. The van der Waals surface area contributed by atoms with Crippen molar-refractivity contribution in [2.75, 3.05) is 25.4 Å². The minimum Gasteiger partial charge on any atom is -0.351 e. The Bertz CT molecular complexity index is 768. The van der Waals surface area contributed by atoms with Crippen LogP contribution in [0.25, 0.3) is 0 Å². The summed E-state index contributed by atoms with van der Waals surface area (Å²) in [5.41, 5.74) is 0.198. The summed E-state index contributed by atoms with van der Waals surface area (Å²) in [5.74, 6) is 0.962. The topological polar surface area (TPSA) is 66.5 Å². The van der Waals surface area contributed by atoms with Crippen LogP contribution in [-0.2, 0) is 10.0 Å². The summed E-state index contributed by atoms with van der Waals surface area (Å²) in [6, 6.07) is 4.35. The summed E-state index contributed by atoms with van der Waals surface area (Å²) in [6.07, 6.45) is 1.71. The van der Waals surface area contributed by atoms with Gasteiger partial charge in [0.1, 0.15) is 0 Å². The van der Waals surface area contributed by atoms with Crippen LogP contribution in [0.5, 0.6) is 0 Å². The highest BCUT2D eigenvalue weighted by Crippen LogP contribution is 2.27. The Morgan fingerprint density at radius 1 is 1.30 bits per heavy atom. The molecule has 1 heterocycles. The molecule has 5 nitrogen and oxygen atoms in total. The molecule has 1 aromatic rings. The maximum absolute atomic E-state index is 12.9. The summed E-state index contributed by atoms with van der Waals surface area (Å²) in [7, 11) is -3.61. The van der Waals surface area contributed by atoms with Crippen LogP contribution in [0.3, 0.4) is 0 Å². The minimum absolute atomic E-state index is 0.121. The van der Waals surface area contributed by atoms with Crippen molar-refractivity contribution in [3.63, 3.8) is 0 Å². The molecule has 0 unspecified atom stereocenters. The molecule has 0 radical (unpaired) electrons. The molecule has 27 heavy (non-hydrogen) atoms. The Kier molecular flexibility index (Phi) is 7.64. The minimum atomic E-state index is -3.61. The molecule has 0 aliphatic carbocycles. The van der Waals surface area contributed by atoms with Crippen LogP contribution < -0.4 is 5.32 Å². The van der Waals surface area contributed by atoms with Crippen LogP contribution in [-0.4, -0.2) is 48.8 Å². The molecular weight excluding hydrogens is 404 g/mol. The first-order valence-corrected chi connectivity index (χ1v) is 12.0. The van der Waals surface area contributed by atoms with Gasteiger partial charge in [0, 0.05) is 30.1 Å². The van der Waals surface area contributed by atoms with Crippen LogP contribution in [0, 0.1) is 5.92 Å². The number of hydrogen-bond acceptors (Lipinski definition) is 4. The zero-order chi connectivity index (χ0) is 20.2. The number of piperidine rings is 1. The largest absolute Gasteiger partial charge is 0.351 e. The van der Waals surface area contributed by atoms with E-state index < -0.39 is 10.0 Å². The lowest BCUT2D eigenvalue weighted by Gasteiger charge is -2.29. The first-order valence-electron chi connectivity index (χ1n) is 9.22. The molecule has 0 atom stereocenters. The van der Waals surface area contributed by atoms with Gasteiger partial charge in [-0.3, -0.25) is 4.79 Å². The number of carbonyl (C=O) groups excluding carboxylic acids is 1. The number of hydrogen-bond donors (Lipinski definition) is 1. The SMILES string of the molecule is CC1CCN(S(=O)(=O)c2ccc(Cl)c(C(=O)NCCSC(C)(C)C)c2)CC1. The van der Waals surface area contributed by atoms with Crippen LogP contribution in [0.2, 0.25) is 5.02 Å². The van der Waals surface area contributed by atoms with Crippen molar-refractivity contribution in [2.24, 2.45) is 5.92 Å². The molecule has 1 aromatic carbocycles. The second-order valence-corrected chi connectivity index (χ2v) is 12.2. The first-order chi connectivity index (χ1) is 12.5. The summed E-state index contributed by atoms with van der Waals surface area (Å²) in [4.78, 5) is 12.6. The lowest BCUT2D eigenvalue weighted by Crippen LogP contribution is -2.38. The molecule has 0 aromatic heterocycles. The second-order valence-electron chi connectivity index (χ2n) is 7.94. The third-order valence-electron chi connectivity index (χ3n) is 4.49. The van der Waals surface area contributed by atoms with Gasteiger partial charge in [-0.1, -0.05) is 39.3 Å². The molecule has 0 spiro atoms. The fraction of sp³-hybridized carbons (Fsp3) is 0.632. The Morgan fingerprint density at radius 2 is 1.93 bits per heavy atom. The van der Waals surface area contributed by atoms with E-state index in [9.17, 15) is 13.2 Å². The Labute approximate surface area is 172 Å². The van der Waals surface area contributed by atoms with Gasteiger partial charge < -0.3 is 5.32 Å². The number of carbonyl (C=O) groups is 1. The molecule has 1 N–H and O–H groups in total. The molecule has 1 aliphatic heterocycles. The highest BCUT2D eigenvalue weighted by atomic mass is 35.5. The molecule has 8 heteroatoms.